The first kappa shape index (κ1) is 25.7. The van der Waals surface area contributed by atoms with Gasteiger partial charge < -0.3 is 5.32 Å². The first-order chi connectivity index (χ1) is 17.2. The number of aryl methyl sites for hydroxylation is 1. The molecule has 6 nitrogen and oxygen atoms in total. The van der Waals surface area contributed by atoms with Crippen LogP contribution in [0.3, 0.4) is 0 Å². The Morgan fingerprint density at radius 3 is 2.50 bits per heavy atom. The van der Waals surface area contributed by atoms with Crippen molar-refractivity contribution in [2.45, 2.75) is 13.8 Å². The lowest BCUT2D eigenvalue weighted by atomic mass is 10.1. The van der Waals surface area contributed by atoms with Crippen molar-refractivity contribution in [3.8, 4) is 0 Å². The van der Waals surface area contributed by atoms with Crippen molar-refractivity contribution in [1.82, 2.24) is 0 Å². The van der Waals surface area contributed by atoms with Crippen LogP contribution in [0.5, 0.6) is 0 Å². The van der Waals surface area contributed by atoms with Gasteiger partial charge in [-0.15, -0.1) is 0 Å². The van der Waals surface area contributed by atoms with Crippen LogP contribution in [0.4, 0.5) is 11.4 Å². The van der Waals surface area contributed by atoms with E-state index in [0.717, 1.165) is 17.3 Å². The lowest BCUT2D eigenvalue weighted by molar-refractivity contribution is -0.114. The maximum Gasteiger partial charge on any atom is 0.283 e. The van der Waals surface area contributed by atoms with E-state index in [9.17, 15) is 14.4 Å². The van der Waals surface area contributed by atoms with E-state index < -0.39 is 0 Å². The summed E-state index contributed by atoms with van der Waals surface area (Å²) in [4.78, 5) is 43.6. The van der Waals surface area contributed by atoms with Crippen molar-refractivity contribution in [2.24, 2.45) is 4.99 Å². The Kier molecular flexibility index (Phi) is 7.94. The monoisotopic (exact) mass is 537 g/mol. The molecule has 9 heteroatoms. The number of benzene rings is 3. The van der Waals surface area contributed by atoms with E-state index in [1.165, 1.54) is 11.8 Å². The fourth-order valence-electron chi connectivity index (χ4n) is 3.44. The van der Waals surface area contributed by atoms with Crippen LogP contribution >= 0.6 is 35.0 Å². The lowest BCUT2D eigenvalue weighted by Crippen LogP contribution is -2.31. The number of ketones is 1. The van der Waals surface area contributed by atoms with E-state index >= 15 is 0 Å². The van der Waals surface area contributed by atoms with Crippen LogP contribution in [0.25, 0.3) is 6.08 Å². The highest BCUT2D eigenvalue weighted by Crippen LogP contribution is 2.32. The van der Waals surface area contributed by atoms with Crippen LogP contribution in [-0.4, -0.2) is 28.5 Å². The van der Waals surface area contributed by atoms with Gasteiger partial charge in [-0.05, 0) is 55.8 Å². The number of carbonyl (C=O) groups is 3. The molecule has 182 valence electrons. The minimum Gasteiger partial charge on any atom is -0.325 e. The molecule has 0 saturated heterocycles. The molecule has 1 aliphatic heterocycles. The molecule has 0 bridgehead atoms. The maximum atomic E-state index is 13.4. The number of Topliss-reactive ketones (excluding diaryl/α,β-unsaturated/α-hetero) is 1. The molecular formula is C27H21Cl2N3O3S. The molecule has 0 atom stereocenters. The molecule has 0 unspecified atom stereocenters. The maximum absolute atomic E-state index is 13.4. The Morgan fingerprint density at radius 2 is 1.78 bits per heavy atom. The molecular weight excluding hydrogens is 517 g/mol. The number of amidine groups is 1. The molecule has 0 aliphatic carbocycles. The number of hydrogen-bond donors (Lipinski definition) is 1. The number of nitrogens with one attached hydrogen (secondary N) is 1. The van der Waals surface area contributed by atoms with Gasteiger partial charge in [0, 0.05) is 11.3 Å². The zero-order valence-corrected chi connectivity index (χ0v) is 21.7. The van der Waals surface area contributed by atoms with Gasteiger partial charge in [0.25, 0.3) is 5.91 Å². The van der Waals surface area contributed by atoms with Crippen LogP contribution in [0.2, 0.25) is 10.0 Å². The molecule has 0 spiro atoms. The summed E-state index contributed by atoms with van der Waals surface area (Å²) in [5.74, 6) is -0.724. The second kappa shape index (κ2) is 11.1. The summed E-state index contributed by atoms with van der Waals surface area (Å²) in [6.45, 7) is 3.42. The van der Waals surface area contributed by atoms with E-state index in [-0.39, 0.29) is 29.0 Å². The number of hydrogen-bond acceptors (Lipinski definition) is 5. The topological polar surface area (TPSA) is 78.8 Å². The number of halogens is 2. The summed E-state index contributed by atoms with van der Waals surface area (Å²) in [6, 6.07) is 19.3. The summed E-state index contributed by atoms with van der Waals surface area (Å²) in [7, 11) is 0. The van der Waals surface area contributed by atoms with Crippen molar-refractivity contribution in [1.29, 1.82) is 0 Å². The lowest BCUT2D eigenvalue weighted by Gasteiger charge is -2.18. The Balaban J connectivity index is 1.58. The van der Waals surface area contributed by atoms with Crippen molar-refractivity contribution in [3.63, 3.8) is 0 Å². The first-order valence-electron chi connectivity index (χ1n) is 10.9. The minimum absolute atomic E-state index is 0.00394. The number of thioether (sulfide) groups is 1. The van der Waals surface area contributed by atoms with Gasteiger partial charge in [0.1, 0.15) is 5.70 Å². The Bertz CT molecular complexity index is 1420. The summed E-state index contributed by atoms with van der Waals surface area (Å²) in [5.41, 5.74) is 3.44. The fourth-order valence-corrected chi connectivity index (χ4v) is 4.61. The predicted molar refractivity (Wildman–Crippen MR) is 148 cm³/mol. The summed E-state index contributed by atoms with van der Waals surface area (Å²) >= 11 is 13.6. The van der Waals surface area contributed by atoms with Gasteiger partial charge in [-0.3, -0.25) is 19.3 Å². The Labute approximate surface area is 223 Å². The second-order valence-electron chi connectivity index (χ2n) is 8.02. The molecule has 0 radical (unpaired) electrons. The van der Waals surface area contributed by atoms with Crippen LogP contribution in [0.15, 0.2) is 77.4 Å². The van der Waals surface area contributed by atoms with E-state index in [0.29, 0.717) is 37.7 Å². The van der Waals surface area contributed by atoms with E-state index in [1.54, 1.807) is 48.5 Å². The molecule has 3 aromatic carbocycles. The SMILES string of the molecule is CC(=O)c1cccc(NC(=O)CSC2=N/C(=C\c3cccc(Cl)c3Cl)C(=O)N2c2ccc(C)cc2)c1. The highest BCUT2D eigenvalue weighted by molar-refractivity contribution is 8.14. The smallest absolute Gasteiger partial charge is 0.283 e. The molecule has 3 aromatic rings. The Morgan fingerprint density at radius 1 is 1.06 bits per heavy atom. The van der Waals surface area contributed by atoms with Gasteiger partial charge in [0.05, 0.1) is 21.5 Å². The highest BCUT2D eigenvalue weighted by Gasteiger charge is 2.32. The minimum atomic E-state index is -0.341. The molecule has 2 amide bonds. The number of rotatable bonds is 6. The third-order valence-electron chi connectivity index (χ3n) is 5.28. The number of anilines is 2. The molecule has 0 aromatic heterocycles. The molecule has 0 saturated carbocycles. The standard InChI is InChI=1S/C27H21Cl2N3O3S/c1-16-9-11-21(12-10-16)32-26(35)23(14-19-6-4-8-22(28)25(19)29)31-27(32)36-15-24(34)30-20-7-3-5-18(13-20)17(2)33/h3-14H,15H2,1-2H3,(H,30,34)/b23-14-. The van der Waals surface area contributed by atoms with Crippen LogP contribution in [-0.2, 0) is 9.59 Å². The zero-order valence-electron chi connectivity index (χ0n) is 19.4. The average Bonchev–Trinajstić information content (AvgIpc) is 3.16. The molecule has 36 heavy (non-hydrogen) atoms. The molecule has 1 N–H and O–H groups in total. The third-order valence-corrected chi connectivity index (χ3v) is 7.05. The number of carbonyl (C=O) groups excluding carboxylic acids is 3. The highest BCUT2D eigenvalue weighted by atomic mass is 35.5. The summed E-state index contributed by atoms with van der Waals surface area (Å²) in [5, 5.41) is 3.84. The van der Waals surface area contributed by atoms with Gasteiger partial charge >= 0.3 is 0 Å². The van der Waals surface area contributed by atoms with Gasteiger partial charge in [-0.1, -0.05) is 76.9 Å². The van der Waals surface area contributed by atoms with Crippen molar-refractivity contribution >= 4 is 75.2 Å². The zero-order chi connectivity index (χ0) is 25.8. The Hall–Kier alpha value is -3.39. The van der Waals surface area contributed by atoms with Gasteiger partial charge in [-0.25, -0.2) is 4.99 Å². The number of nitrogens with zero attached hydrogens (tertiary/aromatic N) is 2. The molecule has 0 fully saturated rings. The summed E-state index contributed by atoms with van der Waals surface area (Å²) in [6.07, 6.45) is 1.58. The predicted octanol–water partition coefficient (Wildman–Crippen LogP) is 6.62. The van der Waals surface area contributed by atoms with Crippen LogP contribution < -0.4 is 10.2 Å². The quantitative estimate of drug-likeness (QED) is 0.283. The number of amides is 2. The fraction of sp³-hybridized carbons (Fsp3) is 0.111. The van der Waals surface area contributed by atoms with Crippen LogP contribution in [0.1, 0.15) is 28.4 Å². The molecule has 1 aliphatic rings. The third kappa shape index (κ3) is 5.87. The van der Waals surface area contributed by atoms with Gasteiger partial charge in [0.15, 0.2) is 11.0 Å². The van der Waals surface area contributed by atoms with Crippen molar-refractivity contribution in [3.05, 3.63) is 99.2 Å². The molecule has 4 rings (SSSR count). The largest absolute Gasteiger partial charge is 0.325 e. The van der Waals surface area contributed by atoms with Gasteiger partial charge in [-0.2, -0.15) is 0 Å². The van der Waals surface area contributed by atoms with Gasteiger partial charge in [0.2, 0.25) is 5.91 Å². The number of aliphatic imine (C=N–C) groups is 1. The summed E-state index contributed by atoms with van der Waals surface area (Å²) < 4.78 is 0. The van der Waals surface area contributed by atoms with Crippen molar-refractivity contribution in [2.75, 3.05) is 16.0 Å². The van der Waals surface area contributed by atoms with E-state index in [4.69, 9.17) is 23.2 Å². The van der Waals surface area contributed by atoms with E-state index in [1.807, 2.05) is 31.2 Å². The average molecular weight is 538 g/mol. The normalized spacial score (nSPS) is 14.2. The molecule has 1 heterocycles. The second-order valence-corrected chi connectivity index (χ2v) is 9.74. The van der Waals surface area contributed by atoms with Crippen LogP contribution in [0, 0.1) is 6.92 Å². The first-order valence-corrected chi connectivity index (χ1v) is 12.7. The van der Waals surface area contributed by atoms with Crippen molar-refractivity contribution < 1.29 is 14.4 Å². The van der Waals surface area contributed by atoms with E-state index in [2.05, 4.69) is 10.3 Å².